The Kier molecular flexibility index (Phi) is 17.0. The molecule has 58 heavy (non-hydrogen) atoms. The van der Waals surface area contributed by atoms with Gasteiger partial charge in [-0.2, -0.15) is 0 Å². The van der Waals surface area contributed by atoms with Crippen molar-refractivity contribution in [3.63, 3.8) is 0 Å². The average molecular weight is 835 g/mol. The first-order chi connectivity index (χ1) is 27.0. The van der Waals surface area contributed by atoms with Crippen molar-refractivity contribution in [1.29, 1.82) is 0 Å². The van der Waals surface area contributed by atoms with Crippen LogP contribution in [0.5, 0.6) is 0 Å². The summed E-state index contributed by atoms with van der Waals surface area (Å²) in [7, 11) is 5.22. The van der Waals surface area contributed by atoms with Gasteiger partial charge in [0.25, 0.3) is 0 Å². The molecular weight excluding hydrogens is 760 g/mol. The third-order valence-corrected chi connectivity index (χ3v) is 12.9. The second-order valence-corrected chi connectivity index (χ2v) is 18.1. The zero-order valence-corrected chi connectivity index (χ0v) is 36.9. The van der Waals surface area contributed by atoms with Gasteiger partial charge >= 0.3 is 5.97 Å². The molecule has 0 saturated carbocycles. The summed E-state index contributed by atoms with van der Waals surface area (Å²) < 4.78 is 48.7. The van der Waals surface area contributed by atoms with Gasteiger partial charge in [0.1, 0.15) is 23.9 Å². The quantitative estimate of drug-likeness (QED) is 0.157. The molecule has 4 fully saturated rings. The molecule has 2 unspecified atom stereocenters. The van der Waals surface area contributed by atoms with Crippen LogP contribution < -0.4 is 0 Å². The minimum absolute atomic E-state index is 0.0248. The summed E-state index contributed by atoms with van der Waals surface area (Å²) >= 11 is 0. The smallest absolute Gasteiger partial charge is 0.311 e. The predicted octanol–water partition coefficient (Wildman–Crippen LogP) is 1.96. The van der Waals surface area contributed by atoms with Crippen LogP contribution in [0.15, 0.2) is 5.16 Å². The maximum absolute atomic E-state index is 14.3. The van der Waals surface area contributed by atoms with Crippen molar-refractivity contribution >= 4 is 11.7 Å². The van der Waals surface area contributed by atoms with Crippen molar-refractivity contribution < 1.29 is 73.1 Å². The molecule has 4 aliphatic heterocycles. The first-order valence-corrected chi connectivity index (χ1v) is 20.9. The van der Waals surface area contributed by atoms with Crippen LogP contribution in [0.3, 0.4) is 0 Å². The maximum atomic E-state index is 14.3. The second kappa shape index (κ2) is 20.1. The van der Waals surface area contributed by atoms with Crippen LogP contribution in [0.2, 0.25) is 0 Å². The van der Waals surface area contributed by atoms with E-state index in [0.717, 1.165) is 0 Å². The van der Waals surface area contributed by atoms with E-state index in [-0.39, 0.29) is 38.0 Å². The zero-order valence-electron chi connectivity index (χ0n) is 36.9. The highest BCUT2D eigenvalue weighted by Crippen LogP contribution is 2.41. The van der Waals surface area contributed by atoms with Gasteiger partial charge < -0.3 is 73.2 Å². The van der Waals surface area contributed by atoms with E-state index in [9.17, 15) is 30.3 Å². The standard InChI is InChI=1S/C41H74N2O15/c1-14-28-41(10,49)34(45)23(4)31(42-53-20-30-51-15-16-52-30)21(2)18-39(8,48)36(58-38-32(44)27(43(11)12)17-22(3)54-38)24(5)33(25(6)37(47)56-28)57-29-19-40(9,50-13)35(46)26(7)55-29/h21-30,32-36,38,44-46,48-49H,14-20H2,1-13H3/b42-31+/t21-,22-,23+,24+,25-,26+,27+,28?,29+,32-,33?,34-,35+,36-,38+,39-,40-,41-/m1/s1. The fraction of sp³-hybridized carbons (Fsp3) is 0.951. The summed E-state index contributed by atoms with van der Waals surface area (Å²) in [6, 6.07) is -0.326. The molecule has 0 aliphatic carbocycles. The first kappa shape index (κ1) is 49.1. The van der Waals surface area contributed by atoms with Gasteiger partial charge in [-0.05, 0) is 74.9 Å². The Bertz CT molecular complexity index is 1350. The lowest BCUT2D eigenvalue weighted by Gasteiger charge is -2.49. The van der Waals surface area contributed by atoms with E-state index in [1.165, 1.54) is 14.0 Å². The van der Waals surface area contributed by atoms with Crippen molar-refractivity contribution in [3.05, 3.63) is 0 Å². The minimum atomic E-state index is -1.96. The number of hydrogen-bond donors (Lipinski definition) is 5. The molecule has 4 aliphatic rings. The number of ether oxygens (including phenoxy) is 8. The van der Waals surface area contributed by atoms with Crippen molar-refractivity contribution in [1.82, 2.24) is 4.90 Å². The van der Waals surface area contributed by atoms with Gasteiger partial charge in [0.2, 0.25) is 0 Å². The van der Waals surface area contributed by atoms with Crippen LogP contribution in [-0.4, -0.2) is 174 Å². The molecule has 18 atom stereocenters. The Balaban J connectivity index is 1.85. The third kappa shape index (κ3) is 11.1. The number of nitrogens with zero attached hydrogens (tertiary/aromatic N) is 2. The number of rotatable bonds is 10. The van der Waals surface area contributed by atoms with E-state index in [1.54, 1.807) is 48.5 Å². The van der Waals surface area contributed by atoms with Crippen LogP contribution in [0, 0.1) is 23.7 Å². The topological polar surface area (TPSA) is 217 Å². The number of cyclic esters (lactones) is 1. The summed E-state index contributed by atoms with van der Waals surface area (Å²) in [5.74, 6) is -4.12. The monoisotopic (exact) mass is 835 g/mol. The van der Waals surface area contributed by atoms with E-state index >= 15 is 0 Å². The van der Waals surface area contributed by atoms with Gasteiger partial charge in [-0.1, -0.05) is 32.9 Å². The number of carbonyl (C=O) groups excluding carboxylic acids is 1. The third-order valence-electron chi connectivity index (χ3n) is 12.9. The molecule has 4 rings (SSSR count). The molecule has 338 valence electrons. The highest BCUT2D eigenvalue weighted by Gasteiger charge is 2.53. The van der Waals surface area contributed by atoms with Gasteiger partial charge in [-0.3, -0.25) is 4.79 Å². The predicted molar refractivity (Wildman–Crippen MR) is 210 cm³/mol. The van der Waals surface area contributed by atoms with E-state index < -0.39 is 108 Å². The number of aliphatic hydroxyl groups is 5. The molecule has 17 heteroatoms. The SMILES string of the molecule is CCC1OC(=O)[C@H](C)C(O[C@H]2C[C@@](C)(OC)[C@@H](O)[C@H](C)O2)[C@H](C)[C@@H](O[C@@H]2O[C@H](C)C[C@H](N(C)C)[C@H]2O)[C@](C)(O)C[C@@H](C)/C(=N\OCC2OCCO2)[C@H](C)[C@@H](O)[C@]1(C)O. The van der Waals surface area contributed by atoms with E-state index in [2.05, 4.69) is 5.16 Å². The van der Waals surface area contributed by atoms with Gasteiger partial charge in [-0.15, -0.1) is 0 Å². The number of esters is 1. The van der Waals surface area contributed by atoms with Crippen molar-refractivity contribution in [2.75, 3.05) is 41.0 Å². The van der Waals surface area contributed by atoms with Crippen molar-refractivity contribution in [2.24, 2.45) is 28.8 Å². The lowest BCUT2D eigenvalue weighted by Crippen LogP contribution is -2.61. The van der Waals surface area contributed by atoms with Crippen LogP contribution in [0.25, 0.3) is 0 Å². The fourth-order valence-electron chi connectivity index (χ4n) is 9.27. The van der Waals surface area contributed by atoms with Gasteiger partial charge in [-0.25, -0.2) is 0 Å². The zero-order chi connectivity index (χ0) is 43.5. The Morgan fingerprint density at radius 3 is 2.12 bits per heavy atom. The molecule has 0 bridgehead atoms. The Morgan fingerprint density at radius 1 is 0.897 bits per heavy atom. The summed E-state index contributed by atoms with van der Waals surface area (Å²) in [6.07, 6.45) is -10.1. The molecule has 0 spiro atoms. The van der Waals surface area contributed by atoms with E-state index in [4.69, 9.17) is 42.7 Å². The Labute approximate surface area is 344 Å². The Hall–Kier alpha value is -1.58. The molecule has 0 aromatic heterocycles. The summed E-state index contributed by atoms with van der Waals surface area (Å²) in [4.78, 5) is 22.0. The first-order valence-electron chi connectivity index (χ1n) is 20.9. The number of hydrogen-bond acceptors (Lipinski definition) is 17. The Morgan fingerprint density at radius 2 is 1.53 bits per heavy atom. The van der Waals surface area contributed by atoms with Gasteiger partial charge in [0, 0.05) is 37.3 Å². The van der Waals surface area contributed by atoms with Crippen molar-refractivity contribution in [3.8, 4) is 0 Å². The average Bonchev–Trinajstić information content (AvgIpc) is 3.68. The normalized spacial score (nSPS) is 47.5. The number of methoxy groups -OCH3 is 1. The number of carbonyl (C=O) groups is 1. The van der Waals surface area contributed by atoms with E-state index in [0.29, 0.717) is 25.3 Å². The lowest BCUT2D eigenvalue weighted by atomic mass is 9.73. The summed E-state index contributed by atoms with van der Waals surface area (Å²) in [5, 5.41) is 63.7. The number of aliphatic hydroxyl groups excluding tert-OH is 3. The second-order valence-electron chi connectivity index (χ2n) is 18.1. The largest absolute Gasteiger partial charge is 0.459 e. The molecule has 17 nitrogen and oxygen atoms in total. The molecule has 0 aromatic carbocycles. The highest BCUT2D eigenvalue weighted by molar-refractivity contribution is 5.88. The van der Waals surface area contributed by atoms with Crippen LogP contribution in [-0.2, 0) is 47.5 Å². The molecule has 0 radical (unpaired) electrons. The fourth-order valence-corrected chi connectivity index (χ4v) is 9.27. The van der Waals surface area contributed by atoms with E-state index in [1.807, 2.05) is 32.8 Å². The summed E-state index contributed by atoms with van der Waals surface area (Å²) in [5.41, 5.74) is -4.47. The lowest BCUT2D eigenvalue weighted by molar-refractivity contribution is -0.317. The molecule has 4 heterocycles. The van der Waals surface area contributed by atoms with Crippen molar-refractivity contribution in [2.45, 2.75) is 185 Å². The highest BCUT2D eigenvalue weighted by atomic mass is 16.7. The maximum Gasteiger partial charge on any atom is 0.311 e. The minimum Gasteiger partial charge on any atom is -0.459 e. The van der Waals surface area contributed by atoms with Crippen LogP contribution in [0.1, 0.15) is 94.9 Å². The van der Waals surface area contributed by atoms with Crippen LogP contribution in [0.4, 0.5) is 0 Å². The number of oxime groups is 1. The molecule has 5 N–H and O–H groups in total. The number of likely N-dealkylation sites (N-methyl/N-ethyl adjacent to an activating group) is 1. The summed E-state index contributed by atoms with van der Waals surface area (Å²) in [6.45, 7) is 17.8. The molecular formula is C41H74N2O15. The van der Waals surface area contributed by atoms with Gasteiger partial charge in [0.05, 0.1) is 66.6 Å². The molecule has 0 amide bonds. The molecule has 4 saturated heterocycles. The molecule has 0 aromatic rings. The van der Waals surface area contributed by atoms with Crippen LogP contribution >= 0.6 is 0 Å². The van der Waals surface area contributed by atoms with Gasteiger partial charge in [0.15, 0.2) is 25.5 Å².